The molecule has 2 aromatic rings. The third-order valence-electron chi connectivity index (χ3n) is 2.11. The Labute approximate surface area is 113 Å². The van der Waals surface area contributed by atoms with Gasteiger partial charge in [-0.1, -0.05) is 39.7 Å². The molecule has 82 valence electrons. The summed E-state index contributed by atoms with van der Waals surface area (Å²) < 4.78 is 1.11. The normalized spacial score (nSPS) is 10.4. The van der Waals surface area contributed by atoms with E-state index in [0.29, 0.717) is 0 Å². The minimum absolute atomic E-state index is 0.800. The maximum Gasteiger partial charge on any atom is 0.0409 e. The van der Waals surface area contributed by atoms with Crippen molar-refractivity contribution >= 4 is 39.3 Å². The Balaban J connectivity index is 1.99. The van der Waals surface area contributed by atoms with Crippen molar-refractivity contribution in [3.63, 3.8) is 0 Å². The molecule has 0 heterocycles. The Morgan fingerprint density at radius 2 is 1.81 bits per heavy atom. The van der Waals surface area contributed by atoms with E-state index in [0.717, 1.165) is 15.2 Å². The molecule has 3 heteroatoms. The predicted molar refractivity (Wildman–Crippen MR) is 75.2 cm³/mol. The molecule has 2 rings (SSSR count). The van der Waals surface area contributed by atoms with E-state index in [4.69, 9.17) is 11.6 Å². The van der Waals surface area contributed by atoms with Crippen molar-refractivity contribution < 1.29 is 0 Å². The zero-order valence-electron chi connectivity index (χ0n) is 8.49. The molecule has 2 aromatic carbocycles. The summed E-state index contributed by atoms with van der Waals surface area (Å²) in [5.74, 6) is 0.947. The summed E-state index contributed by atoms with van der Waals surface area (Å²) in [5.41, 5.74) is 1.25. The molecule has 0 nitrogen and oxygen atoms in total. The van der Waals surface area contributed by atoms with Crippen molar-refractivity contribution in [2.24, 2.45) is 0 Å². The molecular formula is C13H10BrClS. The molecule has 0 amide bonds. The van der Waals surface area contributed by atoms with Crippen LogP contribution in [-0.2, 0) is 5.75 Å². The number of halogens is 2. The second kappa shape index (κ2) is 5.76. The van der Waals surface area contributed by atoms with Gasteiger partial charge in [0, 0.05) is 20.1 Å². The van der Waals surface area contributed by atoms with E-state index in [1.807, 2.05) is 30.0 Å². The Bertz CT molecular complexity index is 468. The second-order valence-electron chi connectivity index (χ2n) is 3.37. The SMILES string of the molecule is Clc1cccc(CSc2ccc(Br)cc2)c1. The minimum atomic E-state index is 0.800. The van der Waals surface area contributed by atoms with Crippen LogP contribution in [-0.4, -0.2) is 0 Å². The number of benzene rings is 2. The molecule has 0 spiro atoms. The minimum Gasteiger partial charge on any atom is -0.121 e. The fourth-order valence-corrected chi connectivity index (χ4v) is 2.64. The predicted octanol–water partition coefficient (Wildman–Crippen LogP) is 5.39. The van der Waals surface area contributed by atoms with Crippen LogP contribution in [0.5, 0.6) is 0 Å². The van der Waals surface area contributed by atoms with Crippen LogP contribution in [0.3, 0.4) is 0 Å². The van der Waals surface area contributed by atoms with E-state index in [2.05, 4.69) is 46.3 Å². The van der Waals surface area contributed by atoms with Crippen LogP contribution in [0.1, 0.15) is 5.56 Å². The molecule has 0 saturated carbocycles. The smallest absolute Gasteiger partial charge is 0.0409 e. The molecule has 0 aliphatic carbocycles. The Kier molecular flexibility index (Phi) is 4.33. The van der Waals surface area contributed by atoms with Gasteiger partial charge in [0.25, 0.3) is 0 Å². The van der Waals surface area contributed by atoms with Crippen LogP contribution in [0.15, 0.2) is 57.9 Å². The van der Waals surface area contributed by atoms with Gasteiger partial charge in [0.1, 0.15) is 0 Å². The monoisotopic (exact) mass is 312 g/mol. The van der Waals surface area contributed by atoms with Crippen molar-refractivity contribution in [2.75, 3.05) is 0 Å². The van der Waals surface area contributed by atoms with Crippen molar-refractivity contribution in [3.8, 4) is 0 Å². The average molecular weight is 314 g/mol. The molecule has 0 aromatic heterocycles. The van der Waals surface area contributed by atoms with Gasteiger partial charge in [0.15, 0.2) is 0 Å². The van der Waals surface area contributed by atoms with Crippen LogP contribution >= 0.6 is 39.3 Å². The first kappa shape index (κ1) is 12.0. The molecular weight excluding hydrogens is 304 g/mol. The second-order valence-corrected chi connectivity index (χ2v) is 5.77. The van der Waals surface area contributed by atoms with Gasteiger partial charge in [-0.15, -0.1) is 11.8 Å². The van der Waals surface area contributed by atoms with E-state index in [9.17, 15) is 0 Å². The van der Waals surface area contributed by atoms with Crippen LogP contribution in [0, 0.1) is 0 Å². The van der Waals surface area contributed by atoms with Crippen molar-refractivity contribution in [1.29, 1.82) is 0 Å². The zero-order chi connectivity index (χ0) is 11.4. The number of hydrogen-bond acceptors (Lipinski definition) is 1. The van der Waals surface area contributed by atoms with E-state index >= 15 is 0 Å². The quantitative estimate of drug-likeness (QED) is 0.684. The molecule has 0 saturated heterocycles. The van der Waals surface area contributed by atoms with E-state index in [-0.39, 0.29) is 0 Å². The van der Waals surface area contributed by atoms with E-state index in [1.165, 1.54) is 10.5 Å². The summed E-state index contributed by atoms with van der Waals surface area (Å²) in [6.07, 6.45) is 0. The summed E-state index contributed by atoms with van der Waals surface area (Å²) in [6.45, 7) is 0. The molecule has 0 atom stereocenters. The van der Waals surface area contributed by atoms with Gasteiger partial charge in [0.05, 0.1) is 0 Å². The third-order valence-corrected chi connectivity index (χ3v) is 3.96. The molecule has 0 fully saturated rings. The van der Waals surface area contributed by atoms with Crippen LogP contribution < -0.4 is 0 Å². The van der Waals surface area contributed by atoms with Gasteiger partial charge in [-0.25, -0.2) is 0 Å². The first-order valence-corrected chi connectivity index (χ1v) is 7.02. The Morgan fingerprint density at radius 3 is 2.50 bits per heavy atom. The van der Waals surface area contributed by atoms with Gasteiger partial charge in [-0.3, -0.25) is 0 Å². The highest BCUT2D eigenvalue weighted by Gasteiger charge is 1.97. The molecule has 16 heavy (non-hydrogen) atoms. The highest BCUT2D eigenvalue weighted by molar-refractivity contribution is 9.10. The molecule has 0 N–H and O–H groups in total. The number of rotatable bonds is 3. The number of hydrogen-bond donors (Lipinski definition) is 0. The van der Waals surface area contributed by atoms with Crippen LogP contribution in [0.2, 0.25) is 5.02 Å². The van der Waals surface area contributed by atoms with Gasteiger partial charge < -0.3 is 0 Å². The average Bonchev–Trinajstić information content (AvgIpc) is 2.28. The Hall–Kier alpha value is -0.440. The van der Waals surface area contributed by atoms with Gasteiger partial charge in [-0.2, -0.15) is 0 Å². The summed E-state index contributed by atoms with van der Waals surface area (Å²) in [4.78, 5) is 1.27. The van der Waals surface area contributed by atoms with Crippen molar-refractivity contribution in [1.82, 2.24) is 0 Å². The number of thioether (sulfide) groups is 1. The highest BCUT2D eigenvalue weighted by atomic mass is 79.9. The van der Waals surface area contributed by atoms with Gasteiger partial charge in [0.2, 0.25) is 0 Å². The highest BCUT2D eigenvalue weighted by Crippen LogP contribution is 2.25. The summed E-state index contributed by atoms with van der Waals surface area (Å²) >= 11 is 11.2. The van der Waals surface area contributed by atoms with E-state index in [1.54, 1.807) is 0 Å². The lowest BCUT2D eigenvalue weighted by molar-refractivity contribution is 1.38. The largest absolute Gasteiger partial charge is 0.121 e. The van der Waals surface area contributed by atoms with Crippen LogP contribution in [0.4, 0.5) is 0 Å². The van der Waals surface area contributed by atoms with Crippen molar-refractivity contribution in [3.05, 3.63) is 63.6 Å². The molecule has 0 unspecified atom stereocenters. The van der Waals surface area contributed by atoms with Crippen LogP contribution in [0.25, 0.3) is 0 Å². The standard InChI is InChI=1S/C13H10BrClS/c14-11-4-6-13(7-5-11)16-9-10-2-1-3-12(15)8-10/h1-8H,9H2. The molecule has 0 radical (unpaired) electrons. The molecule has 0 bridgehead atoms. The van der Waals surface area contributed by atoms with Gasteiger partial charge in [-0.05, 0) is 42.0 Å². The first-order valence-electron chi connectivity index (χ1n) is 4.87. The fraction of sp³-hybridized carbons (Fsp3) is 0.0769. The lowest BCUT2D eigenvalue weighted by Gasteiger charge is -2.02. The maximum atomic E-state index is 5.93. The fourth-order valence-electron chi connectivity index (χ4n) is 1.32. The summed E-state index contributed by atoms with van der Waals surface area (Å²) in [6, 6.07) is 16.3. The Morgan fingerprint density at radius 1 is 1.06 bits per heavy atom. The summed E-state index contributed by atoms with van der Waals surface area (Å²) in [5, 5.41) is 0.800. The summed E-state index contributed by atoms with van der Waals surface area (Å²) in [7, 11) is 0. The molecule has 0 aliphatic heterocycles. The van der Waals surface area contributed by atoms with Crippen molar-refractivity contribution in [2.45, 2.75) is 10.6 Å². The molecule has 0 aliphatic rings. The topological polar surface area (TPSA) is 0 Å². The zero-order valence-corrected chi connectivity index (χ0v) is 11.6. The lowest BCUT2D eigenvalue weighted by atomic mass is 10.2. The van der Waals surface area contributed by atoms with Gasteiger partial charge >= 0.3 is 0 Å². The lowest BCUT2D eigenvalue weighted by Crippen LogP contribution is -1.80. The van der Waals surface area contributed by atoms with E-state index < -0.39 is 0 Å². The first-order chi connectivity index (χ1) is 7.74. The maximum absolute atomic E-state index is 5.93. The third kappa shape index (κ3) is 3.55.